The normalized spacial score (nSPS) is 18.1. The fourth-order valence-electron chi connectivity index (χ4n) is 5.86. The van der Waals surface area contributed by atoms with Crippen LogP contribution < -0.4 is 15.0 Å². The molecule has 0 radical (unpaired) electrons. The highest BCUT2D eigenvalue weighted by Crippen LogP contribution is 2.47. The molecule has 1 aromatic heterocycles. The van der Waals surface area contributed by atoms with E-state index in [2.05, 4.69) is 0 Å². The minimum Gasteiger partial charge on any atom is -0.496 e. The van der Waals surface area contributed by atoms with Gasteiger partial charge in [-0.1, -0.05) is 0 Å². The molecule has 0 unspecified atom stereocenters. The molecule has 7 heteroatoms. The summed E-state index contributed by atoms with van der Waals surface area (Å²) in [7, 11) is 4.88. The van der Waals surface area contributed by atoms with Gasteiger partial charge in [0.1, 0.15) is 17.1 Å². The van der Waals surface area contributed by atoms with Gasteiger partial charge in [0, 0.05) is 44.1 Å². The fraction of sp³-hybridized carbons (Fsp3) is 0.571. The molecule has 1 saturated heterocycles. The number of piperidine rings is 1. The predicted octanol–water partition coefficient (Wildman–Crippen LogP) is 4.09. The molecule has 1 saturated carbocycles. The van der Waals surface area contributed by atoms with Crippen LogP contribution >= 0.6 is 0 Å². The van der Waals surface area contributed by atoms with Gasteiger partial charge in [-0.05, 0) is 87.0 Å². The van der Waals surface area contributed by atoms with Crippen molar-refractivity contribution in [2.75, 3.05) is 33.9 Å². The molecule has 0 bridgehead atoms. The monoisotopic (exact) mass is 482 g/mol. The van der Waals surface area contributed by atoms with Crippen LogP contribution in [-0.2, 0) is 7.05 Å². The lowest BCUT2D eigenvalue weighted by atomic mass is 9.65. The van der Waals surface area contributed by atoms with E-state index in [0.29, 0.717) is 34.0 Å². The summed E-state index contributed by atoms with van der Waals surface area (Å²) in [5.74, 6) is 1.31. The zero-order valence-corrected chi connectivity index (χ0v) is 21.6. The van der Waals surface area contributed by atoms with Crippen molar-refractivity contribution in [3.63, 3.8) is 0 Å². The van der Waals surface area contributed by atoms with Crippen molar-refractivity contribution in [2.24, 2.45) is 18.4 Å². The minimum absolute atomic E-state index is 0.0234. The van der Waals surface area contributed by atoms with Gasteiger partial charge in [0.25, 0.3) is 11.5 Å². The summed E-state index contributed by atoms with van der Waals surface area (Å²) >= 11 is 0. The van der Waals surface area contributed by atoms with Gasteiger partial charge in [-0.15, -0.1) is 0 Å². The van der Waals surface area contributed by atoms with Gasteiger partial charge in [-0.25, -0.2) is 0 Å². The zero-order valence-electron chi connectivity index (χ0n) is 21.6. The molecule has 1 amide bonds. The number of pyridine rings is 1. The number of methoxy groups -OCH3 is 2. The summed E-state index contributed by atoms with van der Waals surface area (Å²) in [6.45, 7) is 5.48. The Morgan fingerprint density at radius 2 is 1.60 bits per heavy atom. The van der Waals surface area contributed by atoms with Crippen molar-refractivity contribution in [3.05, 3.63) is 45.4 Å². The van der Waals surface area contributed by atoms with Gasteiger partial charge in [0.05, 0.1) is 14.2 Å². The summed E-state index contributed by atoms with van der Waals surface area (Å²) in [5.41, 5.74) is 4.05. The Labute approximate surface area is 207 Å². The van der Waals surface area contributed by atoms with Crippen LogP contribution in [0.25, 0.3) is 11.1 Å². The number of hydrogen-bond acceptors (Lipinski definition) is 5. The van der Waals surface area contributed by atoms with Gasteiger partial charge in [0.15, 0.2) is 0 Å². The van der Waals surface area contributed by atoms with Crippen LogP contribution in [0.5, 0.6) is 11.5 Å². The summed E-state index contributed by atoms with van der Waals surface area (Å²) in [6.07, 6.45) is 8.25. The summed E-state index contributed by atoms with van der Waals surface area (Å²) in [6, 6.07) is 3.73. The van der Waals surface area contributed by atoms with Crippen LogP contribution in [0.2, 0.25) is 0 Å². The molecule has 190 valence electrons. The van der Waals surface area contributed by atoms with Crippen LogP contribution in [-0.4, -0.2) is 54.4 Å². The maximum atomic E-state index is 13.7. The maximum absolute atomic E-state index is 13.7. The van der Waals surface area contributed by atoms with E-state index in [9.17, 15) is 14.7 Å². The van der Waals surface area contributed by atoms with Crippen LogP contribution in [0.1, 0.15) is 60.0 Å². The first-order chi connectivity index (χ1) is 16.7. The van der Waals surface area contributed by atoms with Crippen LogP contribution in [0.4, 0.5) is 0 Å². The molecule has 1 spiro atoms. The molecule has 35 heavy (non-hydrogen) atoms. The first-order valence-electron chi connectivity index (χ1n) is 12.6. The van der Waals surface area contributed by atoms with E-state index in [1.165, 1.54) is 0 Å². The number of ether oxygens (including phenoxy) is 2. The highest BCUT2D eigenvalue weighted by atomic mass is 16.5. The highest BCUT2D eigenvalue weighted by Gasteiger charge is 2.39. The quantitative estimate of drug-likeness (QED) is 0.694. The van der Waals surface area contributed by atoms with Crippen molar-refractivity contribution >= 4 is 5.91 Å². The van der Waals surface area contributed by atoms with E-state index >= 15 is 0 Å². The first-order valence-corrected chi connectivity index (χ1v) is 12.6. The molecule has 1 aromatic carbocycles. The number of rotatable bonds is 5. The van der Waals surface area contributed by atoms with Crippen LogP contribution in [0, 0.1) is 25.2 Å². The summed E-state index contributed by atoms with van der Waals surface area (Å²) < 4.78 is 13.0. The Balaban J connectivity index is 1.61. The molecule has 1 aliphatic heterocycles. The SMILES string of the molecule is COc1cc(-c2cn(C)c(=O)c(C)c2C)cc(OC)c1C(=O)N1CCC2(CCC(CO)CC2)CC1. The zero-order chi connectivity index (χ0) is 25.3. The predicted molar refractivity (Wildman–Crippen MR) is 136 cm³/mol. The molecule has 2 aliphatic rings. The van der Waals surface area contributed by atoms with Crippen molar-refractivity contribution < 1.29 is 19.4 Å². The Morgan fingerprint density at radius 3 is 2.11 bits per heavy atom. The van der Waals surface area contributed by atoms with Gasteiger partial charge in [0.2, 0.25) is 0 Å². The van der Waals surface area contributed by atoms with Crippen molar-refractivity contribution in [2.45, 2.75) is 52.4 Å². The lowest BCUT2D eigenvalue weighted by molar-refractivity contribution is 0.0334. The lowest BCUT2D eigenvalue weighted by Gasteiger charge is -2.45. The largest absolute Gasteiger partial charge is 0.496 e. The second-order valence-corrected chi connectivity index (χ2v) is 10.4. The molecule has 2 aromatic rings. The van der Waals surface area contributed by atoms with Gasteiger partial charge in [-0.2, -0.15) is 0 Å². The molecule has 2 heterocycles. The third-order valence-corrected chi connectivity index (χ3v) is 8.50. The molecule has 1 aliphatic carbocycles. The summed E-state index contributed by atoms with van der Waals surface area (Å²) in [5, 5.41) is 9.47. The van der Waals surface area contributed by atoms with E-state index in [0.717, 1.165) is 68.3 Å². The number of aliphatic hydroxyl groups is 1. The highest BCUT2D eigenvalue weighted by molar-refractivity contribution is 6.01. The third kappa shape index (κ3) is 4.70. The van der Waals surface area contributed by atoms with Crippen molar-refractivity contribution in [1.29, 1.82) is 0 Å². The molecular formula is C28H38N2O5. The van der Waals surface area contributed by atoms with Gasteiger partial charge >= 0.3 is 0 Å². The second kappa shape index (κ2) is 10.1. The van der Waals surface area contributed by atoms with E-state index < -0.39 is 0 Å². The number of aromatic nitrogens is 1. The van der Waals surface area contributed by atoms with Gasteiger partial charge in [-0.3, -0.25) is 9.59 Å². The van der Waals surface area contributed by atoms with Crippen LogP contribution in [0.3, 0.4) is 0 Å². The van der Waals surface area contributed by atoms with E-state index in [-0.39, 0.29) is 18.1 Å². The summed E-state index contributed by atoms with van der Waals surface area (Å²) in [4.78, 5) is 27.9. The number of amides is 1. The number of likely N-dealkylation sites (tertiary alicyclic amines) is 1. The first kappa shape index (κ1) is 25.3. The minimum atomic E-state index is -0.0718. The Kier molecular flexibility index (Phi) is 7.27. The van der Waals surface area contributed by atoms with Crippen LogP contribution in [0.15, 0.2) is 23.1 Å². The van der Waals surface area contributed by atoms with Gasteiger partial charge < -0.3 is 24.0 Å². The number of carbonyl (C=O) groups is 1. The van der Waals surface area contributed by atoms with E-state index in [4.69, 9.17) is 9.47 Å². The average molecular weight is 483 g/mol. The number of hydrogen-bond donors (Lipinski definition) is 1. The van der Waals surface area contributed by atoms with Crippen molar-refractivity contribution in [3.8, 4) is 22.6 Å². The molecule has 2 fully saturated rings. The topological polar surface area (TPSA) is 81.0 Å². The fourth-order valence-corrected chi connectivity index (χ4v) is 5.86. The molecular weight excluding hydrogens is 444 g/mol. The average Bonchev–Trinajstić information content (AvgIpc) is 2.89. The standard InChI is InChI=1S/C28H38N2O5/c1-18-19(2)26(32)29(3)16-22(18)21-14-23(34-4)25(24(15-21)35-5)27(33)30-12-10-28(11-13-30)8-6-20(17-31)7-9-28/h14-16,20,31H,6-13,17H2,1-5H3. The molecule has 7 nitrogen and oxygen atoms in total. The smallest absolute Gasteiger partial charge is 0.261 e. The Morgan fingerprint density at radius 1 is 1.03 bits per heavy atom. The molecule has 0 atom stereocenters. The number of carbonyl (C=O) groups excluding carboxylic acids is 1. The third-order valence-electron chi connectivity index (χ3n) is 8.50. The molecule has 4 rings (SSSR count). The lowest BCUT2D eigenvalue weighted by Crippen LogP contribution is -2.44. The number of nitrogens with zero attached hydrogens (tertiary/aromatic N) is 2. The second-order valence-electron chi connectivity index (χ2n) is 10.4. The number of benzene rings is 1. The molecule has 1 N–H and O–H groups in total. The Hall–Kier alpha value is -2.80. The maximum Gasteiger partial charge on any atom is 0.261 e. The number of aryl methyl sites for hydroxylation is 1. The Bertz CT molecular complexity index is 1130. The van der Waals surface area contributed by atoms with E-state index in [1.807, 2.05) is 37.1 Å². The number of aliphatic hydroxyl groups excluding tert-OH is 1. The van der Waals surface area contributed by atoms with E-state index in [1.54, 1.807) is 25.8 Å². The van der Waals surface area contributed by atoms with Crippen molar-refractivity contribution in [1.82, 2.24) is 9.47 Å².